The summed E-state index contributed by atoms with van der Waals surface area (Å²) in [5, 5.41) is 2.29. The number of nitrogen functional groups attached to an aromatic ring is 2. The van der Waals surface area contributed by atoms with Crippen LogP contribution in [0.15, 0.2) is 36.4 Å². The second-order valence-corrected chi connectivity index (χ2v) is 3.76. The molecule has 0 aliphatic carbocycles. The van der Waals surface area contributed by atoms with Crippen LogP contribution in [0.2, 0.25) is 0 Å². The Hall–Kier alpha value is -2.20. The molecule has 4 nitrogen and oxygen atoms in total. The van der Waals surface area contributed by atoms with E-state index in [9.17, 15) is 0 Å². The van der Waals surface area contributed by atoms with Crippen molar-refractivity contribution in [1.29, 1.82) is 0 Å². The lowest BCUT2D eigenvalue weighted by atomic mass is 10.1. The van der Waals surface area contributed by atoms with Gasteiger partial charge in [-0.15, -0.1) is 0 Å². The molecule has 6 N–H and O–H groups in total. The van der Waals surface area contributed by atoms with Crippen molar-refractivity contribution < 1.29 is 0 Å². The maximum atomic E-state index is 6.02. The van der Waals surface area contributed by atoms with E-state index in [1.807, 2.05) is 30.3 Å². The average Bonchev–Trinajstić information content (AvgIpc) is 2.69. The fourth-order valence-corrected chi connectivity index (χ4v) is 2.07. The third kappa shape index (κ3) is 1.07. The largest absolute Gasteiger partial charge is 0.395 e. The molecule has 0 aliphatic rings. The zero-order valence-corrected chi connectivity index (χ0v) is 8.62. The Bertz CT molecular complexity index is 669. The minimum absolute atomic E-state index is 0.649. The predicted octanol–water partition coefficient (Wildman–Crippen LogP) is 2.19. The van der Waals surface area contributed by atoms with Gasteiger partial charge in [0.05, 0.1) is 16.9 Å². The Morgan fingerprint density at radius 2 is 1.81 bits per heavy atom. The fourth-order valence-electron chi connectivity index (χ4n) is 2.07. The van der Waals surface area contributed by atoms with Crippen LogP contribution in [-0.2, 0) is 0 Å². The van der Waals surface area contributed by atoms with Gasteiger partial charge in [-0.2, -0.15) is 0 Å². The summed E-state index contributed by atoms with van der Waals surface area (Å²) < 4.78 is 0. The number of nitrogens with two attached hydrogens (primary N) is 2. The van der Waals surface area contributed by atoms with Crippen LogP contribution in [0.3, 0.4) is 0 Å². The molecule has 4 heteroatoms. The summed E-state index contributed by atoms with van der Waals surface area (Å²) >= 11 is 0. The lowest BCUT2D eigenvalue weighted by Gasteiger charge is -2.04. The van der Waals surface area contributed by atoms with Crippen LogP contribution in [-0.4, -0.2) is 4.98 Å². The zero-order chi connectivity index (χ0) is 11.1. The van der Waals surface area contributed by atoms with Gasteiger partial charge in [0.2, 0.25) is 0 Å². The number of aromatic amines is 1. The number of benzene rings is 2. The van der Waals surface area contributed by atoms with Crippen molar-refractivity contribution in [1.82, 2.24) is 4.98 Å². The lowest BCUT2D eigenvalue weighted by Crippen LogP contribution is -2.08. The predicted molar refractivity (Wildman–Crippen MR) is 68.0 cm³/mol. The monoisotopic (exact) mass is 212 g/mol. The van der Waals surface area contributed by atoms with Gasteiger partial charge >= 0.3 is 0 Å². The number of para-hydroxylation sites is 1. The normalized spacial score (nSPS) is 11.1. The number of hydrazine groups is 1. The molecular formula is C12H12N4. The summed E-state index contributed by atoms with van der Waals surface area (Å²) in [5.41, 5.74) is 12.0. The second kappa shape index (κ2) is 3.15. The Balaban J connectivity index is 2.49. The van der Waals surface area contributed by atoms with Gasteiger partial charge in [-0.1, -0.05) is 18.2 Å². The Labute approximate surface area is 92.2 Å². The van der Waals surface area contributed by atoms with E-state index >= 15 is 0 Å². The molecule has 0 bridgehead atoms. The van der Waals surface area contributed by atoms with E-state index in [0.29, 0.717) is 5.69 Å². The standard InChI is InChI=1S/C12H12N4/c13-11-10(16-14)6-5-8-7-3-1-2-4-9(7)15-12(8)11/h1-6,15-16H,13-14H2. The van der Waals surface area contributed by atoms with Crippen molar-refractivity contribution in [3.8, 4) is 0 Å². The van der Waals surface area contributed by atoms with E-state index in [4.69, 9.17) is 11.6 Å². The molecular weight excluding hydrogens is 200 g/mol. The zero-order valence-electron chi connectivity index (χ0n) is 8.62. The quantitative estimate of drug-likeness (QED) is 0.283. The lowest BCUT2D eigenvalue weighted by molar-refractivity contribution is 1.36. The first-order valence-electron chi connectivity index (χ1n) is 5.07. The van der Waals surface area contributed by atoms with Crippen molar-refractivity contribution in [3.63, 3.8) is 0 Å². The Morgan fingerprint density at radius 3 is 2.62 bits per heavy atom. The maximum absolute atomic E-state index is 6.02. The molecule has 0 spiro atoms. The molecule has 3 aromatic rings. The molecule has 0 saturated heterocycles. The summed E-state index contributed by atoms with van der Waals surface area (Å²) in [6, 6.07) is 12.0. The van der Waals surface area contributed by atoms with Crippen molar-refractivity contribution in [2.24, 2.45) is 5.84 Å². The second-order valence-electron chi connectivity index (χ2n) is 3.76. The number of anilines is 2. The minimum atomic E-state index is 0.649. The van der Waals surface area contributed by atoms with Gasteiger partial charge in [0.25, 0.3) is 0 Å². The van der Waals surface area contributed by atoms with E-state index in [0.717, 1.165) is 22.1 Å². The Morgan fingerprint density at radius 1 is 1.00 bits per heavy atom. The van der Waals surface area contributed by atoms with Gasteiger partial charge < -0.3 is 16.1 Å². The summed E-state index contributed by atoms with van der Waals surface area (Å²) in [5.74, 6) is 5.39. The molecule has 1 heterocycles. The van der Waals surface area contributed by atoms with Crippen LogP contribution in [0, 0.1) is 0 Å². The van der Waals surface area contributed by atoms with Crippen LogP contribution >= 0.6 is 0 Å². The minimum Gasteiger partial charge on any atom is -0.395 e. The van der Waals surface area contributed by atoms with E-state index in [1.165, 1.54) is 5.39 Å². The first-order chi connectivity index (χ1) is 7.81. The fraction of sp³-hybridized carbons (Fsp3) is 0. The highest BCUT2D eigenvalue weighted by molar-refractivity contribution is 6.12. The van der Waals surface area contributed by atoms with Crippen LogP contribution < -0.4 is 17.0 Å². The smallest absolute Gasteiger partial charge is 0.0808 e. The van der Waals surface area contributed by atoms with Crippen LogP contribution in [0.5, 0.6) is 0 Å². The molecule has 0 saturated carbocycles. The topological polar surface area (TPSA) is 79.9 Å². The Kier molecular flexibility index (Phi) is 1.78. The summed E-state index contributed by atoms with van der Waals surface area (Å²) in [6.07, 6.45) is 0. The van der Waals surface area contributed by atoms with Crippen molar-refractivity contribution in [2.45, 2.75) is 0 Å². The molecule has 80 valence electrons. The van der Waals surface area contributed by atoms with E-state index in [1.54, 1.807) is 0 Å². The van der Waals surface area contributed by atoms with Crippen molar-refractivity contribution in [2.75, 3.05) is 11.2 Å². The van der Waals surface area contributed by atoms with Gasteiger partial charge in [0, 0.05) is 16.3 Å². The number of aromatic nitrogens is 1. The number of hydrogen-bond acceptors (Lipinski definition) is 3. The third-order valence-corrected chi connectivity index (χ3v) is 2.88. The third-order valence-electron chi connectivity index (χ3n) is 2.88. The summed E-state index contributed by atoms with van der Waals surface area (Å²) in [6.45, 7) is 0. The first-order valence-corrected chi connectivity index (χ1v) is 5.07. The summed E-state index contributed by atoms with van der Waals surface area (Å²) in [4.78, 5) is 3.30. The number of fused-ring (bicyclic) bond motifs is 3. The van der Waals surface area contributed by atoms with E-state index in [2.05, 4.69) is 16.5 Å². The molecule has 0 aliphatic heterocycles. The highest BCUT2D eigenvalue weighted by Crippen LogP contribution is 2.32. The van der Waals surface area contributed by atoms with Crippen LogP contribution in [0.4, 0.5) is 11.4 Å². The molecule has 0 fully saturated rings. The molecule has 0 amide bonds. The van der Waals surface area contributed by atoms with Gasteiger partial charge in [0.15, 0.2) is 0 Å². The van der Waals surface area contributed by atoms with Gasteiger partial charge in [-0.25, -0.2) is 0 Å². The molecule has 0 unspecified atom stereocenters. The summed E-state index contributed by atoms with van der Waals surface area (Å²) in [7, 11) is 0. The molecule has 3 rings (SSSR count). The molecule has 0 atom stereocenters. The van der Waals surface area contributed by atoms with Gasteiger partial charge in [-0.3, -0.25) is 5.84 Å². The number of nitrogens with one attached hydrogen (secondary N) is 2. The first kappa shape index (κ1) is 9.06. The SMILES string of the molecule is NNc1ccc2c([nH]c3ccccc32)c1N. The number of rotatable bonds is 1. The molecule has 16 heavy (non-hydrogen) atoms. The van der Waals surface area contributed by atoms with Gasteiger partial charge in [-0.05, 0) is 18.2 Å². The van der Waals surface area contributed by atoms with E-state index in [-0.39, 0.29) is 0 Å². The molecule has 1 aromatic heterocycles. The molecule has 0 radical (unpaired) electrons. The van der Waals surface area contributed by atoms with Crippen LogP contribution in [0.1, 0.15) is 0 Å². The highest BCUT2D eigenvalue weighted by atomic mass is 15.2. The number of hydrogen-bond donors (Lipinski definition) is 4. The maximum Gasteiger partial charge on any atom is 0.0808 e. The number of H-pyrrole nitrogens is 1. The highest BCUT2D eigenvalue weighted by Gasteiger charge is 2.08. The van der Waals surface area contributed by atoms with Gasteiger partial charge in [0.1, 0.15) is 0 Å². The molecule has 2 aromatic carbocycles. The van der Waals surface area contributed by atoms with Crippen molar-refractivity contribution in [3.05, 3.63) is 36.4 Å². The van der Waals surface area contributed by atoms with Crippen LogP contribution in [0.25, 0.3) is 21.8 Å². The van der Waals surface area contributed by atoms with E-state index < -0.39 is 0 Å². The average molecular weight is 212 g/mol. The van der Waals surface area contributed by atoms with Crippen molar-refractivity contribution >= 4 is 33.2 Å².